The molecule has 0 bridgehead atoms. The van der Waals surface area contributed by atoms with Gasteiger partial charge in [-0.1, -0.05) is 17.7 Å². The van der Waals surface area contributed by atoms with E-state index >= 15 is 0 Å². The Morgan fingerprint density at radius 2 is 1.96 bits per heavy atom. The lowest BCUT2D eigenvalue weighted by atomic mass is 10.2. The van der Waals surface area contributed by atoms with E-state index in [1.807, 2.05) is 0 Å². The summed E-state index contributed by atoms with van der Waals surface area (Å²) in [5.41, 5.74) is -1.43. The van der Waals surface area contributed by atoms with E-state index in [-0.39, 0.29) is 16.5 Å². The van der Waals surface area contributed by atoms with Crippen molar-refractivity contribution in [1.29, 1.82) is 0 Å². The third kappa shape index (κ3) is 4.85. The quantitative estimate of drug-likeness (QED) is 0.596. The Morgan fingerprint density at radius 1 is 1.27 bits per heavy atom. The molecule has 26 heavy (non-hydrogen) atoms. The minimum Gasteiger partial charge on any atom is -0.474 e. The van der Waals surface area contributed by atoms with Crippen LogP contribution in [0.5, 0.6) is 5.75 Å². The maximum Gasteiger partial charge on any atom is 0.416 e. The molecule has 0 radical (unpaired) electrons. The number of rotatable bonds is 5. The molecule has 0 aliphatic carbocycles. The molecule has 0 saturated carbocycles. The van der Waals surface area contributed by atoms with Crippen molar-refractivity contribution in [3.8, 4) is 5.75 Å². The fraction of sp³-hybridized carbons (Fsp3) is 0.188. The lowest BCUT2D eigenvalue weighted by Crippen LogP contribution is -2.30. The van der Waals surface area contributed by atoms with E-state index in [1.54, 1.807) is 0 Å². The number of nitrogens with zero attached hydrogens (tertiary/aromatic N) is 1. The number of hydrogen-bond donors (Lipinski definition) is 1. The maximum atomic E-state index is 12.7. The molecule has 1 N–H and O–H groups in total. The minimum absolute atomic E-state index is 0.0779. The lowest BCUT2D eigenvalue weighted by Gasteiger charge is -2.15. The molecule has 0 fully saturated rings. The smallest absolute Gasteiger partial charge is 0.416 e. The lowest BCUT2D eigenvalue weighted by molar-refractivity contribution is -0.386. The maximum absolute atomic E-state index is 12.7. The molecule has 0 saturated heterocycles. The summed E-state index contributed by atoms with van der Waals surface area (Å²) in [5.74, 6) is -0.959. The van der Waals surface area contributed by atoms with Gasteiger partial charge in [-0.3, -0.25) is 14.9 Å². The number of nitro benzene ring substituents is 1. The number of ether oxygens (including phenoxy) is 1. The van der Waals surface area contributed by atoms with Crippen LogP contribution in [0.25, 0.3) is 0 Å². The molecule has 0 spiro atoms. The van der Waals surface area contributed by atoms with Gasteiger partial charge < -0.3 is 10.1 Å². The molecule has 1 atom stereocenters. The van der Waals surface area contributed by atoms with E-state index in [4.69, 9.17) is 16.3 Å². The van der Waals surface area contributed by atoms with Gasteiger partial charge in [-0.2, -0.15) is 13.2 Å². The van der Waals surface area contributed by atoms with Gasteiger partial charge in [-0.25, -0.2) is 0 Å². The molecular weight excluding hydrogens is 377 g/mol. The predicted octanol–water partition coefficient (Wildman–Crippen LogP) is 4.67. The number of halogens is 4. The van der Waals surface area contributed by atoms with Crippen LogP contribution in [0.15, 0.2) is 42.5 Å². The Hall–Kier alpha value is -2.81. The summed E-state index contributed by atoms with van der Waals surface area (Å²) in [5, 5.41) is 13.4. The highest BCUT2D eigenvalue weighted by molar-refractivity contribution is 6.30. The molecule has 2 rings (SSSR count). The first-order chi connectivity index (χ1) is 12.1. The molecule has 0 heterocycles. The molecule has 6 nitrogen and oxygen atoms in total. The number of carbonyl (C=O) groups excluding carboxylic acids is 1. The van der Waals surface area contributed by atoms with Crippen LogP contribution in [0.3, 0.4) is 0 Å². The number of nitrogens with one attached hydrogen (secondary N) is 1. The van der Waals surface area contributed by atoms with Crippen molar-refractivity contribution in [2.24, 2.45) is 0 Å². The van der Waals surface area contributed by atoms with Crippen molar-refractivity contribution in [1.82, 2.24) is 0 Å². The van der Waals surface area contributed by atoms with Gasteiger partial charge in [0.1, 0.15) is 0 Å². The highest BCUT2D eigenvalue weighted by Gasteiger charge is 2.30. The number of hydrogen-bond acceptors (Lipinski definition) is 4. The summed E-state index contributed by atoms with van der Waals surface area (Å²) in [6, 6.07) is 7.71. The standard InChI is InChI=1S/C16H12ClF3N2O4/c1-9(26-14-6-5-11(17)8-13(14)22(24)25)15(23)21-12-4-2-3-10(7-12)16(18,19)20/h2-9H,1H3,(H,21,23)/t9-/m0/s1. The van der Waals surface area contributed by atoms with Crippen LogP contribution in [0, 0.1) is 10.1 Å². The monoisotopic (exact) mass is 388 g/mol. The first-order valence-electron chi connectivity index (χ1n) is 7.16. The second-order valence-corrected chi connectivity index (χ2v) is 5.63. The number of alkyl halides is 3. The normalized spacial score (nSPS) is 12.3. The van der Waals surface area contributed by atoms with Gasteiger partial charge >= 0.3 is 11.9 Å². The number of amides is 1. The molecule has 0 aromatic heterocycles. The van der Waals surface area contributed by atoms with Crippen LogP contribution in [-0.2, 0) is 11.0 Å². The highest BCUT2D eigenvalue weighted by Crippen LogP contribution is 2.32. The minimum atomic E-state index is -4.55. The van der Waals surface area contributed by atoms with Crippen LogP contribution < -0.4 is 10.1 Å². The summed E-state index contributed by atoms with van der Waals surface area (Å²) < 4.78 is 43.3. The van der Waals surface area contributed by atoms with Gasteiger partial charge in [0.2, 0.25) is 0 Å². The van der Waals surface area contributed by atoms with E-state index in [0.29, 0.717) is 0 Å². The van der Waals surface area contributed by atoms with Gasteiger partial charge in [0.25, 0.3) is 5.91 Å². The van der Waals surface area contributed by atoms with Crippen LogP contribution in [0.2, 0.25) is 5.02 Å². The van der Waals surface area contributed by atoms with Crippen molar-refractivity contribution in [2.75, 3.05) is 5.32 Å². The van der Waals surface area contributed by atoms with E-state index in [1.165, 1.54) is 25.1 Å². The second-order valence-electron chi connectivity index (χ2n) is 5.20. The van der Waals surface area contributed by atoms with Crippen molar-refractivity contribution in [3.63, 3.8) is 0 Å². The van der Waals surface area contributed by atoms with Crippen molar-refractivity contribution in [3.05, 3.63) is 63.2 Å². The number of benzene rings is 2. The van der Waals surface area contributed by atoms with Crippen molar-refractivity contribution in [2.45, 2.75) is 19.2 Å². The highest BCUT2D eigenvalue weighted by atomic mass is 35.5. The van der Waals surface area contributed by atoms with E-state index in [0.717, 1.165) is 24.3 Å². The van der Waals surface area contributed by atoms with Crippen LogP contribution >= 0.6 is 11.6 Å². The molecule has 0 aliphatic heterocycles. The van der Waals surface area contributed by atoms with E-state index in [9.17, 15) is 28.1 Å². The molecule has 1 amide bonds. The molecule has 2 aromatic carbocycles. The summed E-state index contributed by atoms with van der Waals surface area (Å²) in [7, 11) is 0. The van der Waals surface area contributed by atoms with Gasteiger partial charge in [0.15, 0.2) is 11.9 Å². The Balaban J connectivity index is 2.13. The van der Waals surface area contributed by atoms with Crippen molar-refractivity contribution >= 4 is 28.9 Å². The van der Waals surface area contributed by atoms with Gasteiger partial charge in [-0.15, -0.1) is 0 Å². The largest absolute Gasteiger partial charge is 0.474 e. The third-order valence-electron chi connectivity index (χ3n) is 3.25. The fourth-order valence-corrected chi connectivity index (χ4v) is 2.16. The Morgan fingerprint density at radius 3 is 2.58 bits per heavy atom. The molecule has 0 unspecified atom stereocenters. The zero-order chi connectivity index (χ0) is 19.5. The molecule has 2 aromatic rings. The predicted molar refractivity (Wildman–Crippen MR) is 88.3 cm³/mol. The summed E-state index contributed by atoms with van der Waals surface area (Å²) in [6.07, 6.45) is -5.75. The van der Waals surface area contributed by atoms with Gasteiger partial charge in [-0.05, 0) is 37.3 Å². The van der Waals surface area contributed by atoms with Crippen molar-refractivity contribution < 1.29 is 27.6 Å². The SMILES string of the molecule is C[C@H](Oc1ccc(Cl)cc1[N+](=O)[O-])C(=O)Nc1cccc(C(F)(F)F)c1. The molecular formula is C16H12ClF3N2O4. The topological polar surface area (TPSA) is 81.5 Å². The summed E-state index contributed by atoms with van der Waals surface area (Å²) in [6.45, 7) is 1.31. The number of nitro groups is 1. The zero-order valence-corrected chi connectivity index (χ0v) is 14.0. The van der Waals surface area contributed by atoms with Crippen LogP contribution in [0.4, 0.5) is 24.5 Å². The summed E-state index contributed by atoms with van der Waals surface area (Å²) >= 11 is 5.69. The molecule has 0 aliphatic rings. The molecule has 138 valence electrons. The Kier molecular flexibility index (Phi) is 5.71. The average Bonchev–Trinajstić information content (AvgIpc) is 2.55. The van der Waals surface area contributed by atoms with Crippen LogP contribution in [-0.4, -0.2) is 16.9 Å². The van der Waals surface area contributed by atoms with Crippen LogP contribution in [0.1, 0.15) is 12.5 Å². The fourth-order valence-electron chi connectivity index (χ4n) is 1.99. The second kappa shape index (κ2) is 7.61. The van der Waals surface area contributed by atoms with E-state index < -0.39 is 34.4 Å². The van der Waals surface area contributed by atoms with Gasteiger partial charge in [0.05, 0.1) is 10.5 Å². The summed E-state index contributed by atoms with van der Waals surface area (Å²) in [4.78, 5) is 22.4. The Labute approximate surface area is 150 Å². The number of anilines is 1. The Bertz CT molecular complexity index is 842. The third-order valence-corrected chi connectivity index (χ3v) is 3.48. The molecule has 10 heteroatoms. The first-order valence-corrected chi connectivity index (χ1v) is 7.54. The average molecular weight is 389 g/mol. The number of carbonyl (C=O) groups is 1. The van der Waals surface area contributed by atoms with E-state index in [2.05, 4.69) is 5.32 Å². The van der Waals surface area contributed by atoms with Gasteiger partial charge in [0, 0.05) is 16.8 Å². The zero-order valence-electron chi connectivity index (χ0n) is 13.2. The first kappa shape index (κ1) is 19.5.